The number of fused-ring (bicyclic) bond motifs is 1. The lowest BCUT2D eigenvalue weighted by molar-refractivity contribution is -0.138. The zero-order valence-corrected chi connectivity index (χ0v) is 21.7. The largest absolute Gasteiger partial charge is 0.480 e. The fourth-order valence-corrected chi connectivity index (χ4v) is 5.87. The Morgan fingerprint density at radius 3 is 2.79 bits per heavy atom. The molecule has 0 amide bonds. The van der Waals surface area contributed by atoms with Gasteiger partial charge in [-0.25, -0.2) is 9.55 Å². The third-order valence-corrected chi connectivity index (χ3v) is 7.91. The molecule has 0 bridgehead atoms. The average Bonchev–Trinajstić information content (AvgIpc) is 3.44. The highest BCUT2D eigenvalue weighted by atomic mass is 31.2. The number of aliphatic hydroxyl groups is 1. The molecule has 1 aliphatic rings. The zero-order valence-electron chi connectivity index (χ0n) is 20.9. The van der Waals surface area contributed by atoms with Gasteiger partial charge in [-0.1, -0.05) is 24.1 Å². The second-order valence-electron chi connectivity index (χ2n) is 8.92. The van der Waals surface area contributed by atoms with E-state index in [0.29, 0.717) is 17.8 Å². The maximum absolute atomic E-state index is 13.6. The number of anilines is 1. The van der Waals surface area contributed by atoms with E-state index in [4.69, 9.17) is 25.9 Å². The zero-order chi connectivity index (χ0) is 27.5. The number of nitrogen functional groups attached to an aromatic ring is 1. The molecule has 2 heterocycles. The van der Waals surface area contributed by atoms with Gasteiger partial charge in [0, 0.05) is 6.04 Å². The summed E-state index contributed by atoms with van der Waals surface area (Å²) in [6, 6.07) is 6.55. The predicted octanol–water partition coefficient (Wildman–Crippen LogP) is 2.39. The number of benzene rings is 1. The molecule has 4 rings (SSSR count). The standard InChI is InChI=1S/C24H29N6O7P/c1-4-24(13-36-38(34,29-15(3)22(32)33)37-17-9-7-6-8-10-17)12-16(11-18(24)31)30-14-26-19-20(30)27-23(25)28-21(19)35-5-2/h1,6-10,14-16,18,31H,5,11-13H2,2-3H3,(H,29,34)(H,32,33)(H2,25,27,28)/t15-,16-,18-,24+,38?/m0/s1. The first-order valence-electron chi connectivity index (χ1n) is 11.9. The van der Waals surface area contributed by atoms with Crippen LogP contribution in [0.2, 0.25) is 0 Å². The number of nitrogens with two attached hydrogens (primary N) is 1. The summed E-state index contributed by atoms with van der Waals surface area (Å²) in [5.74, 6) is 1.81. The lowest BCUT2D eigenvalue weighted by Crippen LogP contribution is -2.37. The van der Waals surface area contributed by atoms with Crippen LogP contribution in [-0.4, -0.2) is 61.1 Å². The highest BCUT2D eigenvalue weighted by Crippen LogP contribution is 2.51. The Morgan fingerprint density at radius 1 is 1.39 bits per heavy atom. The Bertz CT molecular complexity index is 1390. The third kappa shape index (κ3) is 5.58. The van der Waals surface area contributed by atoms with Crippen molar-refractivity contribution in [3.05, 3.63) is 36.7 Å². The van der Waals surface area contributed by atoms with Crippen molar-refractivity contribution in [3.8, 4) is 24.0 Å². The van der Waals surface area contributed by atoms with Gasteiger partial charge in [0.25, 0.3) is 0 Å². The topological polar surface area (TPSA) is 184 Å². The Morgan fingerprint density at radius 2 is 2.13 bits per heavy atom. The number of rotatable bonds is 11. The maximum atomic E-state index is 13.6. The molecule has 13 nitrogen and oxygen atoms in total. The second-order valence-corrected chi connectivity index (χ2v) is 10.6. The van der Waals surface area contributed by atoms with Crippen molar-refractivity contribution < 1.29 is 33.4 Å². The molecule has 2 aromatic heterocycles. The van der Waals surface area contributed by atoms with Gasteiger partial charge in [-0.3, -0.25) is 9.32 Å². The minimum absolute atomic E-state index is 0.00501. The maximum Gasteiger partial charge on any atom is 0.459 e. The first-order valence-corrected chi connectivity index (χ1v) is 13.4. The highest BCUT2D eigenvalue weighted by Gasteiger charge is 2.49. The minimum Gasteiger partial charge on any atom is -0.480 e. The number of nitrogens with one attached hydrogen (secondary N) is 1. The molecule has 1 saturated carbocycles. The molecule has 0 spiro atoms. The number of aliphatic carboxylic acids is 1. The first-order chi connectivity index (χ1) is 18.1. The number of ether oxygens (including phenoxy) is 1. The van der Waals surface area contributed by atoms with E-state index in [1.165, 1.54) is 6.92 Å². The Kier molecular flexibility index (Phi) is 7.89. The van der Waals surface area contributed by atoms with E-state index in [1.807, 2.05) is 6.92 Å². The van der Waals surface area contributed by atoms with Crippen LogP contribution in [0.3, 0.4) is 0 Å². The first kappa shape index (κ1) is 27.3. The smallest absolute Gasteiger partial charge is 0.459 e. The molecule has 1 aromatic carbocycles. The fraction of sp³-hybridized carbons (Fsp3) is 0.417. The van der Waals surface area contributed by atoms with Crippen molar-refractivity contribution >= 4 is 30.8 Å². The van der Waals surface area contributed by atoms with E-state index in [1.54, 1.807) is 41.2 Å². The fourth-order valence-electron chi connectivity index (χ4n) is 4.30. The van der Waals surface area contributed by atoms with Crippen LogP contribution in [0.5, 0.6) is 11.6 Å². The van der Waals surface area contributed by atoms with Crippen LogP contribution < -0.4 is 20.1 Å². The van der Waals surface area contributed by atoms with E-state index in [0.717, 1.165) is 0 Å². The summed E-state index contributed by atoms with van der Waals surface area (Å²) in [6.07, 6.45) is 6.81. The highest BCUT2D eigenvalue weighted by molar-refractivity contribution is 7.52. The van der Waals surface area contributed by atoms with Crippen molar-refractivity contribution in [1.82, 2.24) is 24.6 Å². The minimum atomic E-state index is -4.24. The molecule has 14 heteroatoms. The van der Waals surface area contributed by atoms with Crippen LogP contribution in [0.25, 0.3) is 11.2 Å². The number of carboxylic acid groups (broad SMARTS) is 1. The van der Waals surface area contributed by atoms with E-state index in [2.05, 4.69) is 26.0 Å². The number of nitrogens with zero attached hydrogens (tertiary/aromatic N) is 4. The van der Waals surface area contributed by atoms with Gasteiger partial charge in [0.05, 0.1) is 31.1 Å². The number of carbonyl (C=O) groups is 1. The molecule has 1 unspecified atom stereocenters. The summed E-state index contributed by atoms with van der Waals surface area (Å²) in [7, 11) is -4.24. The van der Waals surface area contributed by atoms with Crippen molar-refractivity contribution in [1.29, 1.82) is 0 Å². The molecule has 202 valence electrons. The van der Waals surface area contributed by atoms with Gasteiger partial charge < -0.3 is 29.8 Å². The van der Waals surface area contributed by atoms with E-state index in [-0.39, 0.29) is 43.1 Å². The van der Waals surface area contributed by atoms with Gasteiger partial charge >= 0.3 is 13.7 Å². The molecule has 0 radical (unpaired) electrons. The summed E-state index contributed by atoms with van der Waals surface area (Å²) >= 11 is 0. The number of hydrogen-bond acceptors (Lipinski definition) is 10. The van der Waals surface area contributed by atoms with Gasteiger partial charge in [-0.15, -0.1) is 6.42 Å². The van der Waals surface area contributed by atoms with E-state index >= 15 is 0 Å². The van der Waals surface area contributed by atoms with E-state index < -0.39 is 31.3 Å². The molecule has 1 aliphatic carbocycles. The number of terminal acetylenes is 1. The molecular weight excluding hydrogens is 515 g/mol. The quantitative estimate of drug-likeness (QED) is 0.204. The summed E-state index contributed by atoms with van der Waals surface area (Å²) in [6.45, 7) is 3.09. The van der Waals surface area contributed by atoms with Gasteiger partial charge in [0.15, 0.2) is 11.2 Å². The van der Waals surface area contributed by atoms with Crippen LogP contribution in [0.1, 0.15) is 32.7 Å². The Balaban J connectivity index is 1.59. The van der Waals surface area contributed by atoms with Crippen molar-refractivity contribution in [2.24, 2.45) is 5.41 Å². The lowest BCUT2D eigenvalue weighted by atomic mass is 9.86. The monoisotopic (exact) mass is 544 g/mol. The van der Waals surface area contributed by atoms with Crippen LogP contribution in [0.15, 0.2) is 36.7 Å². The third-order valence-electron chi connectivity index (χ3n) is 6.28. The van der Waals surface area contributed by atoms with E-state index in [9.17, 15) is 19.6 Å². The molecule has 0 aliphatic heterocycles. The number of aliphatic hydroxyl groups excluding tert-OH is 1. The number of imidazole rings is 1. The number of aromatic nitrogens is 4. The number of para-hydroxylation sites is 1. The molecule has 5 N–H and O–H groups in total. The van der Waals surface area contributed by atoms with Crippen LogP contribution >= 0.6 is 7.75 Å². The lowest BCUT2D eigenvalue weighted by Gasteiger charge is -2.29. The molecular formula is C24H29N6O7P. The van der Waals surface area contributed by atoms with Gasteiger partial charge in [0.1, 0.15) is 11.8 Å². The van der Waals surface area contributed by atoms with Crippen molar-refractivity contribution in [2.75, 3.05) is 18.9 Å². The SMILES string of the molecule is C#C[C@]1(COP(=O)(N[C@@H](C)C(=O)O)Oc2ccccc2)C[C@@H](n2cnc3c(OCC)nc(N)nc32)C[C@@H]1O. The van der Waals surface area contributed by atoms with Crippen LogP contribution in [-0.2, 0) is 13.9 Å². The molecule has 1 fully saturated rings. The number of hydrogen-bond donors (Lipinski definition) is 4. The van der Waals surface area contributed by atoms with Crippen molar-refractivity contribution in [2.45, 2.75) is 44.9 Å². The van der Waals surface area contributed by atoms with Gasteiger partial charge in [-0.05, 0) is 38.8 Å². The summed E-state index contributed by atoms with van der Waals surface area (Å²) in [4.78, 5) is 24.2. The molecule has 5 atom stereocenters. The van der Waals surface area contributed by atoms with Gasteiger partial charge in [-0.2, -0.15) is 15.1 Å². The average molecular weight is 545 g/mol. The van der Waals surface area contributed by atoms with Crippen LogP contribution in [0, 0.1) is 17.8 Å². The second kappa shape index (κ2) is 11.0. The van der Waals surface area contributed by atoms with Crippen LogP contribution in [0.4, 0.5) is 5.95 Å². The molecule has 0 saturated heterocycles. The molecule has 3 aromatic rings. The van der Waals surface area contributed by atoms with Crippen molar-refractivity contribution in [3.63, 3.8) is 0 Å². The summed E-state index contributed by atoms with van der Waals surface area (Å²) in [5.41, 5.74) is 5.43. The Hall–Kier alpha value is -3.69. The molecule has 38 heavy (non-hydrogen) atoms. The summed E-state index contributed by atoms with van der Waals surface area (Å²) in [5, 5.41) is 22.8. The number of carboxylic acids is 1. The normalized spacial score (nSPS) is 23.4. The predicted molar refractivity (Wildman–Crippen MR) is 137 cm³/mol. The Labute approximate surface area is 218 Å². The summed E-state index contributed by atoms with van der Waals surface area (Å²) < 4.78 is 32.1. The van der Waals surface area contributed by atoms with Gasteiger partial charge in [0.2, 0.25) is 11.8 Å².